The molecule has 0 fully saturated rings. The lowest BCUT2D eigenvalue weighted by Crippen LogP contribution is -2.09. The predicted octanol–water partition coefficient (Wildman–Crippen LogP) is 4.14. The van der Waals surface area contributed by atoms with Crippen LogP contribution >= 0.6 is 11.6 Å². The number of hydrogen-bond acceptors (Lipinski definition) is 5. The van der Waals surface area contributed by atoms with Gasteiger partial charge in [0, 0.05) is 19.2 Å². The van der Waals surface area contributed by atoms with E-state index in [1.54, 1.807) is 18.5 Å². The van der Waals surface area contributed by atoms with E-state index in [9.17, 15) is 5.26 Å². The first-order valence-electron chi connectivity index (χ1n) is 8.28. The van der Waals surface area contributed by atoms with Crippen molar-refractivity contribution in [3.05, 3.63) is 47.4 Å². The maximum Gasteiger partial charge on any atom is 0.164 e. The highest BCUT2D eigenvalue weighted by molar-refractivity contribution is 6.29. The molecule has 6 nitrogen and oxygen atoms in total. The Labute approximate surface area is 157 Å². The Morgan fingerprint density at radius 1 is 1.23 bits per heavy atom. The Morgan fingerprint density at radius 3 is 2.69 bits per heavy atom. The topological polar surface area (TPSA) is 79.4 Å². The smallest absolute Gasteiger partial charge is 0.164 e. The Hall–Kier alpha value is -2.91. The summed E-state index contributed by atoms with van der Waals surface area (Å²) in [6.45, 7) is 5.04. The highest BCUT2D eigenvalue weighted by Crippen LogP contribution is 2.34. The van der Waals surface area contributed by atoms with Gasteiger partial charge in [0.25, 0.3) is 0 Å². The number of halogens is 1. The Kier molecular flexibility index (Phi) is 5.19. The first kappa shape index (κ1) is 17.9. The Balaban J connectivity index is 2.14. The molecular formula is C19H19ClN6. The van der Waals surface area contributed by atoms with E-state index in [4.69, 9.17) is 11.6 Å². The summed E-state index contributed by atoms with van der Waals surface area (Å²) < 4.78 is 1.84. The molecule has 3 rings (SSSR count). The fourth-order valence-corrected chi connectivity index (χ4v) is 2.83. The summed E-state index contributed by atoms with van der Waals surface area (Å²) >= 11 is 6.25. The molecule has 0 aliphatic carbocycles. The molecule has 0 saturated heterocycles. The molecule has 1 N–H and O–H groups in total. The normalized spacial score (nSPS) is 10.8. The summed E-state index contributed by atoms with van der Waals surface area (Å²) in [5, 5.41) is 21.1. The van der Waals surface area contributed by atoms with Crippen LogP contribution in [0.1, 0.15) is 19.4 Å². The van der Waals surface area contributed by atoms with E-state index in [1.807, 2.05) is 29.8 Å². The average molecular weight is 367 g/mol. The van der Waals surface area contributed by atoms with Gasteiger partial charge in [-0.1, -0.05) is 25.4 Å². The number of aryl methyl sites for hydroxylation is 1. The van der Waals surface area contributed by atoms with Gasteiger partial charge < -0.3 is 9.88 Å². The molecular weight excluding hydrogens is 348 g/mol. The molecule has 0 unspecified atom stereocenters. The molecule has 0 aliphatic rings. The third-order valence-electron chi connectivity index (χ3n) is 3.90. The number of rotatable bonds is 5. The van der Waals surface area contributed by atoms with Gasteiger partial charge in [0.1, 0.15) is 17.3 Å². The molecule has 1 aromatic carbocycles. The van der Waals surface area contributed by atoms with Crippen LogP contribution in [-0.4, -0.2) is 26.3 Å². The fourth-order valence-electron chi connectivity index (χ4n) is 2.63. The molecule has 2 heterocycles. The molecule has 132 valence electrons. The number of pyridine rings is 1. The third-order valence-corrected chi connectivity index (χ3v) is 4.09. The van der Waals surface area contributed by atoms with Crippen molar-refractivity contribution in [2.24, 2.45) is 13.0 Å². The number of aromatic nitrogens is 4. The van der Waals surface area contributed by atoms with Gasteiger partial charge in [-0.3, -0.25) is 0 Å². The largest absolute Gasteiger partial charge is 0.370 e. The minimum Gasteiger partial charge on any atom is -0.370 e. The van der Waals surface area contributed by atoms with Crippen molar-refractivity contribution in [3.8, 4) is 28.6 Å². The summed E-state index contributed by atoms with van der Waals surface area (Å²) in [4.78, 5) is 4.34. The second kappa shape index (κ2) is 7.54. The lowest BCUT2D eigenvalue weighted by atomic mass is 9.97. The molecule has 0 amide bonds. The Morgan fingerprint density at radius 2 is 2.04 bits per heavy atom. The van der Waals surface area contributed by atoms with E-state index in [0.29, 0.717) is 28.3 Å². The summed E-state index contributed by atoms with van der Waals surface area (Å²) in [6, 6.07) is 11.4. The van der Waals surface area contributed by atoms with Crippen molar-refractivity contribution in [1.29, 1.82) is 5.26 Å². The number of hydrogen-bond donors (Lipinski definition) is 1. The molecule has 0 saturated carbocycles. The van der Waals surface area contributed by atoms with Gasteiger partial charge >= 0.3 is 0 Å². The highest BCUT2D eigenvalue weighted by atomic mass is 35.5. The molecule has 7 heteroatoms. The van der Waals surface area contributed by atoms with Crippen LogP contribution < -0.4 is 5.32 Å². The van der Waals surface area contributed by atoms with E-state index in [1.165, 1.54) is 0 Å². The van der Waals surface area contributed by atoms with Gasteiger partial charge in [0.2, 0.25) is 0 Å². The lowest BCUT2D eigenvalue weighted by molar-refractivity contribution is 0.687. The standard InChI is InChI=1S/C19H19ClN6/c1-12(2)10-22-18-8-14(7-17(20)24-18)16-6-13(9-21)4-5-15(16)19-25-23-11-26(19)3/h4-8,11-12H,10H2,1-3H3,(H,22,24). The van der Waals surface area contributed by atoms with Crippen molar-refractivity contribution >= 4 is 17.4 Å². The minimum atomic E-state index is 0.389. The number of anilines is 1. The quantitative estimate of drug-likeness (QED) is 0.686. The molecule has 2 aromatic heterocycles. The molecule has 0 aliphatic heterocycles. The SMILES string of the molecule is CC(C)CNc1cc(-c2cc(C#N)ccc2-c2nncn2C)cc(Cl)n1. The fraction of sp³-hybridized carbons (Fsp3) is 0.263. The van der Waals surface area contributed by atoms with Crippen molar-refractivity contribution in [2.45, 2.75) is 13.8 Å². The van der Waals surface area contributed by atoms with E-state index >= 15 is 0 Å². The molecule has 3 aromatic rings. The summed E-state index contributed by atoms with van der Waals surface area (Å²) in [5.74, 6) is 1.90. The van der Waals surface area contributed by atoms with Gasteiger partial charge in [0.15, 0.2) is 5.82 Å². The summed E-state index contributed by atoms with van der Waals surface area (Å²) in [5.41, 5.74) is 3.17. The van der Waals surface area contributed by atoms with E-state index in [0.717, 1.165) is 23.2 Å². The zero-order valence-electron chi connectivity index (χ0n) is 14.9. The second-order valence-corrected chi connectivity index (χ2v) is 6.86. The maximum absolute atomic E-state index is 9.31. The van der Waals surface area contributed by atoms with Crippen LogP contribution in [0.4, 0.5) is 5.82 Å². The molecule has 0 bridgehead atoms. The predicted molar refractivity (Wildman–Crippen MR) is 103 cm³/mol. The monoisotopic (exact) mass is 366 g/mol. The second-order valence-electron chi connectivity index (χ2n) is 6.48. The molecule has 0 atom stereocenters. The van der Waals surface area contributed by atoms with Gasteiger partial charge in [-0.15, -0.1) is 10.2 Å². The Bertz CT molecular complexity index is 970. The summed E-state index contributed by atoms with van der Waals surface area (Å²) in [6.07, 6.45) is 1.65. The molecule has 0 spiro atoms. The van der Waals surface area contributed by atoms with Gasteiger partial charge in [-0.05, 0) is 47.4 Å². The highest BCUT2D eigenvalue weighted by Gasteiger charge is 2.15. The maximum atomic E-state index is 9.31. The van der Waals surface area contributed by atoms with Crippen LogP contribution in [0.2, 0.25) is 5.15 Å². The number of nitrogens with one attached hydrogen (secondary N) is 1. The van der Waals surface area contributed by atoms with Crippen LogP contribution in [0, 0.1) is 17.2 Å². The van der Waals surface area contributed by atoms with Crippen LogP contribution in [0.25, 0.3) is 22.5 Å². The lowest BCUT2D eigenvalue weighted by Gasteiger charge is -2.13. The van der Waals surface area contributed by atoms with Crippen molar-refractivity contribution in [3.63, 3.8) is 0 Å². The van der Waals surface area contributed by atoms with E-state index < -0.39 is 0 Å². The zero-order chi connectivity index (χ0) is 18.7. The van der Waals surface area contributed by atoms with Crippen molar-refractivity contribution < 1.29 is 0 Å². The molecule has 0 radical (unpaired) electrons. The van der Waals surface area contributed by atoms with Crippen LogP contribution in [0.5, 0.6) is 0 Å². The summed E-state index contributed by atoms with van der Waals surface area (Å²) in [7, 11) is 1.88. The van der Waals surface area contributed by atoms with Crippen LogP contribution in [0.3, 0.4) is 0 Å². The van der Waals surface area contributed by atoms with Gasteiger partial charge in [-0.2, -0.15) is 5.26 Å². The first-order chi connectivity index (χ1) is 12.5. The molecule has 26 heavy (non-hydrogen) atoms. The third kappa shape index (κ3) is 3.84. The average Bonchev–Trinajstić information content (AvgIpc) is 3.04. The van der Waals surface area contributed by atoms with E-state index in [-0.39, 0.29) is 0 Å². The first-order valence-corrected chi connectivity index (χ1v) is 8.66. The zero-order valence-corrected chi connectivity index (χ0v) is 15.6. The number of nitrogens with zero attached hydrogens (tertiary/aromatic N) is 5. The van der Waals surface area contributed by atoms with Crippen LogP contribution in [0.15, 0.2) is 36.7 Å². The number of benzene rings is 1. The number of nitriles is 1. The minimum absolute atomic E-state index is 0.389. The van der Waals surface area contributed by atoms with E-state index in [2.05, 4.69) is 40.4 Å². The van der Waals surface area contributed by atoms with Crippen LogP contribution in [-0.2, 0) is 7.05 Å². The van der Waals surface area contributed by atoms with Gasteiger partial charge in [0.05, 0.1) is 11.6 Å². The van der Waals surface area contributed by atoms with Gasteiger partial charge in [-0.25, -0.2) is 4.98 Å². The van der Waals surface area contributed by atoms with Crippen molar-refractivity contribution in [2.75, 3.05) is 11.9 Å². The van der Waals surface area contributed by atoms with Crippen molar-refractivity contribution in [1.82, 2.24) is 19.7 Å².